The number of hydrogen-bond donors (Lipinski definition) is 0. The SMILES string of the molecule is CCS(=O)(=O)N1CC2(C1)OCC[C@@H]2COc1ncccc1F. The average molecular weight is 330 g/mol. The number of rotatable bonds is 5. The fourth-order valence-electron chi connectivity index (χ4n) is 2.96. The number of hydrogen-bond acceptors (Lipinski definition) is 5. The molecule has 1 spiro atoms. The molecule has 8 heteroatoms. The minimum absolute atomic E-state index is 0.0260. The molecule has 0 radical (unpaired) electrons. The molecule has 2 saturated heterocycles. The molecular formula is C14H19FN2O4S. The molecule has 0 aromatic carbocycles. The van der Waals surface area contributed by atoms with Gasteiger partial charge in [0.1, 0.15) is 5.60 Å². The molecule has 0 saturated carbocycles. The minimum atomic E-state index is -3.18. The van der Waals surface area contributed by atoms with E-state index < -0.39 is 21.4 Å². The van der Waals surface area contributed by atoms with Gasteiger partial charge in [-0.25, -0.2) is 17.8 Å². The molecule has 3 rings (SSSR count). The zero-order chi connectivity index (χ0) is 15.8. The van der Waals surface area contributed by atoms with E-state index in [1.165, 1.54) is 22.6 Å². The number of sulfonamides is 1. The Morgan fingerprint density at radius 2 is 2.32 bits per heavy atom. The topological polar surface area (TPSA) is 68.7 Å². The summed E-state index contributed by atoms with van der Waals surface area (Å²) in [4.78, 5) is 3.85. The van der Waals surface area contributed by atoms with Gasteiger partial charge in [-0.15, -0.1) is 0 Å². The molecule has 0 aliphatic carbocycles. The predicted octanol–water partition coefficient (Wildman–Crippen LogP) is 1.04. The number of halogens is 1. The highest BCUT2D eigenvalue weighted by atomic mass is 32.2. The van der Waals surface area contributed by atoms with Gasteiger partial charge in [-0.3, -0.25) is 0 Å². The lowest BCUT2D eigenvalue weighted by molar-refractivity contribution is -0.107. The van der Waals surface area contributed by atoms with Crippen LogP contribution in [0.2, 0.25) is 0 Å². The van der Waals surface area contributed by atoms with Gasteiger partial charge >= 0.3 is 0 Å². The van der Waals surface area contributed by atoms with Crippen molar-refractivity contribution in [3.05, 3.63) is 24.1 Å². The monoisotopic (exact) mass is 330 g/mol. The second-order valence-electron chi connectivity index (χ2n) is 5.67. The summed E-state index contributed by atoms with van der Waals surface area (Å²) in [6.45, 7) is 3.16. The first-order chi connectivity index (χ1) is 10.5. The van der Waals surface area contributed by atoms with Crippen LogP contribution in [0.4, 0.5) is 4.39 Å². The van der Waals surface area contributed by atoms with Crippen LogP contribution in [0.5, 0.6) is 5.88 Å². The Kier molecular flexibility index (Phi) is 4.09. The Morgan fingerprint density at radius 1 is 1.55 bits per heavy atom. The van der Waals surface area contributed by atoms with Gasteiger partial charge in [0.2, 0.25) is 15.9 Å². The summed E-state index contributed by atoms with van der Waals surface area (Å²) in [5, 5.41) is 0. The smallest absolute Gasteiger partial charge is 0.250 e. The molecule has 0 bridgehead atoms. The van der Waals surface area contributed by atoms with E-state index in [1.807, 2.05) is 0 Å². The second-order valence-corrected chi connectivity index (χ2v) is 7.93. The van der Waals surface area contributed by atoms with Gasteiger partial charge in [0.25, 0.3) is 0 Å². The van der Waals surface area contributed by atoms with E-state index in [9.17, 15) is 12.8 Å². The van der Waals surface area contributed by atoms with Gasteiger partial charge in [0.15, 0.2) is 5.82 Å². The van der Waals surface area contributed by atoms with Gasteiger partial charge in [0, 0.05) is 31.8 Å². The molecule has 6 nitrogen and oxygen atoms in total. The molecule has 0 N–H and O–H groups in total. The summed E-state index contributed by atoms with van der Waals surface area (Å²) >= 11 is 0. The summed E-state index contributed by atoms with van der Waals surface area (Å²) < 4.78 is 49.9. The van der Waals surface area contributed by atoms with Crippen molar-refractivity contribution >= 4 is 10.0 Å². The summed E-state index contributed by atoms with van der Waals surface area (Å²) in [5.74, 6) is -0.401. The maximum absolute atomic E-state index is 13.5. The van der Waals surface area contributed by atoms with E-state index in [4.69, 9.17) is 9.47 Å². The molecule has 0 unspecified atom stereocenters. The molecule has 2 fully saturated rings. The lowest BCUT2D eigenvalue weighted by Crippen LogP contribution is -2.66. The van der Waals surface area contributed by atoms with Crippen LogP contribution in [0.15, 0.2) is 18.3 Å². The third-order valence-electron chi connectivity index (χ3n) is 4.39. The van der Waals surface area contributed by atoms with E-state index in [2.05, 4.69) is 4.98 Å². The van der Waals surface area contributed by atoms with Crippen molar-refractivity contribution in [2.45, 2.75) is 18.9 Å². The van der Waals surface area contributed by atoms with E-state index >= 15 is 0 Å². The third-order valence-corrected chi connectivity index (χ3v) is 6.17. The van der Waals surface area contributed by atoms with Crippen molar-refractivity contribution in [3.63, 3.8) is 0 Å². The van der Waals surface area contributed by atoms with Crippen LogP contribution >= 0.6 is 0 Å². The van der Waals surface area contributed by atoms with Crippen LogP contribution in [0.3, 0.4) is 0 Å². The zero-order valence-corrected chi connectivity index (χ0v) is 13.2. The molecular weight excluding hydrogens is 311 g/mol. The van der Waals surface area contributed by atoms with Crippen LogP contribution < -0.4 is 4.74 Å². The molecule has 0 amide bonds. The maximum atomic E-state index is 13.5. The highest BCUT2D eigenvalue weighted by Crippen LogP contribution is 2.41. The highest BCUT2D eigenvalue weighted by molar-refractivity contribution is 7.89. The van der Waals surface area contributed by atoms with Crippen molar-refractivity contribution in [2.24, 2.45) is 5.92 Å². The van der Waals surface area contributed by atoms with Crippen molar-refractivity contribution in [1.29, 1.82) is 0 Å². The number of pyridine rings is 1. The molecule has 2 aliphatic heterocycles. The molecule has 1 aromatic rings. The fourth-order valence-corrected chi connectivity index (χ4v) is 4.15. The number of ether oxygens (including phenoxy) is 2. The fraction of sp³-hybridized carbons (Fsp3) is 0.643. The molecule has 1 atom stereocenters. The summed E-state index contributed by atoms with van der Waals surface area (Å²) in [6, 6.07) is 2.80. The lowest BCUT2D eigenvalue weighted by Gasteiger charge is -2.48. The Bertz CT molecular complexity index is 646. The van der Waals surface area contributed by atoms with Gasteiger partial charge in [-0.05, 0) is 25.5 Å². The molecule has 3 heterocycles. The molecule has 22 heavy (non-hydrogen) atoms. The Hall–Kier alpha value is -1.25. The van der Waals surface area contributed by atoms with Crippen molar-refractivity contribution in [2.75, 3.05) is 32.1 Å². The maximum Gasteiger partial charge on any atom is 0.250 e. The average Bonchev–Trinajstić information content (AvgIpc) is 2.89. The van der Waals surface area contributed by atoms with E-state index in [-0.39, 0.29) is 24.2 Å². The molecule has 1 aromatic heterocycles. The van der Waals surface area contributed by atoms with Gasteiger partial charge < -0.3 is 9.47 Å². The second kappa shape index (κ2) is 5.75. The Balaban J connectivity index is 1.62. The van der Waals surface area contributed by atoms with Gasteiger partial charge in [-0.2, -0.15) is 4.31 Å². The normalized spacial score (nSPS) is 24.4. The quantitative estimate of drug-likeness (QED) is 0.807. The van der Waals surface area contributed by atoms with Crippen LogP contribution in [-0.2, 0) is 14.8 Å². The van der Waals surface area contributed by atoms with Crippen LogP contribution in [0.1, 0.15) is 13.3 Å². The number of aromatic nitrogens is 1. The summed E-state index contributed by atoms with van der Waals surface area (Å²) in [6.07, 6.45) is 2.24. The summed E-state index contributed by atoms with van der Waals surface area (Å²) in [7, 11) is -3.18. The first-order valence-corrected chi connectivity index (χ1v) is 8.93. The van der Waals surface area contributed by atoms with Gasteiger partial charge in [0.05, 0.1) is 12.4 Å². The first kappa shape index (κ1) is 15.6. The van der Waals surface area contributed by atoms with Crippen molar-refractivity contribution in [3.8, 4) is 5.88 Å². The van der Waals surface area contributed by atoms with E-state index in [0.29, 0.717) is 19.7 Å². The van der Waals surface area contributed by atoms with E-state index in [1.54, 1.807) is 6.92 Å². The third kappa shape index (κ3) is 2.70. The number of nitrogens with zero attached hydrogens (tertiary/aromatic N) is 2. The predicted molar refractivity (Wildman–Crippen MR) is 77.5 cm³/mol. The Morgan fingerprint density at radius 3 is 3.00 bits per heavy atom. The first-order valence-electron chi connectivity index (χ1n) is 7.32. The van der Waals surface area contributed by atoms with Crippen LogP contribution in [-0.4, -0.2) is 55.4 Å². The Labute approximate surface area is 129 Å². The molecule has 122 valence electrons. The molecule has 2 aliphatic rings. The summed E-state index contributed by atoms with van der Waals surface area (Å²) in [5.41, 5.74) is -0.493. The van der Waals surface area contributed by atoms with E-state index in [0.717, 1.165) is 6.42 Å². The van der Waals surface area contributed by atoms with Crippen LogP contribution in [0.25, 0.3) is 0 Å². The zero-order valence-electron chi connectivity index (χ0n) is 12.4. The largest absolute Gasteiger partial charge is 0.475 e. The van der Waals surface area contributed by atoms with Crippen LogP contribution in [0, 0.1) is 11.7 Å². The van der Waals surface area contributed by atoms with Crippen molar-refractivity contribution < 1.29 is 22.3 Å². The standard InChI is InChI=1S/C14H19FN2O4S/c1-2-22(18,19)17-9-14(10-17)11(5-7-21-14)8-20-13-12(15)4-3-6-16-13/h3-4,6,11H,2,5,7-10H2,1H3/t11-/m1/s1. The van der Waals surface area contributed by atoms with Crippen molar-refractivity contribution in [1.82, 2.24) is 9.29 Å². The minimum Gasteiger partial charge on any atom is -0.475 e. The van der Waals surface area contributed by atoms with Gasteiger partial charge in [-0.1, -0.05) is 0 Å². The highest BCUT2D eigenvalue weighted by Gasteiger charge is 2.56. The lowest BCUT2D eigenvalue weighted by atomic mass is 9.83.